The third kappa shape index (κ3) is 5.52. The number of thiocarbonyl (C=S) groups is 1. The van der Waals surface area contributed by atoms with Crippen molar-refractivity contribution in [3.63, 3.8) is 0 Å². The van der Waals surface area contributed by atoms with E-state index >= 15 is 0 Å². The average molecular weight is 509 g/mol. The first-order valence-corrected chi connectivity index (χ1v) is 13.0. The van der Waals surface area contributed by atoms with Crippen molar-refractivity contribution in [1.29, 1.82) is 0 Å². The van der Waals surface area contributed by atoms with Crippen molar-refractivity contribution in [3.8, 4) is 11.4 Å². The average Bonchev–Trinajstić information content (AvgIpc) is 3.39. The Hall–Kier alpha value is -2.90. The lowest BCUT2D eigenvalue weighted by Crippen LogP contribution is -2.49. The molecule has 0 spiro atoms. The van der Waals surface area contributed by atoms with E-state index < -0.39 is 0 Å². The Balaban J connectivity index is 1.36. The molecule has 0 atom stereocenters. The normalized spacial score (nSPS) is 16.5. The molecule has 2 aliphatic rings. The van der Waals surface area contributed by atoms with Gasteiger partial charge < -0.3 is 14.5 Å². The second-order valence-corrected chi connectivity index (χ2v) is 10.0. The maximum Gasteiger partial charge on any atom is 0.316 e. The van der Waals surface area contributed by atoms with Gasteiger partial charge >= 0.3 is 5.56 Å². The Morgan fingerprint density at radius 2 is 1.77 bits per heavy atom. The highest BCUT2D eigenvalue weighted by molar-refractivity contribution is 7.80. The van der Waals surface area contributed by atoms with Gasteiger partial charge in [-0.05, 0) is 49.4 Å². The third-order valence-corrected chi connectivity index (χ3v) is 7.36. The summed E-state index contributed by atoms with van der Waals surface area (Å²) < 4.78 is 7.73. The summed E-state index contributed by atoms with van der Waals surface area (Å²) >= 11 is 11.9. The van der Waals surface area contributed by atoms with E-state index in [4.69, 9.17) is 28.6 Å². The van der Waals surface area contributed by atoms with E-state index in [0.717, 1.165) is 69.0 Å². The van der Waals surface area contributed by atoms with E-state index in [1.165, 1.54) is 10.2 Å². The van der Waals surface area contributed by atoms with Gasteiger partial charge in [0.25, 0.3) is 0 Å². The lowest BCUT2D eigenvalue weighted by atomic mass is 10.1. The van der Waals surface area contributed by atoms with Crippen LogP contribution < -0.4 is 15.2 Å². The van der Waals surface area contributed by atoms with Gasteiger partial charge in [0.15, 0.2) is 0 Å². The van der Waals surface area contributed by atoms with Crippen LogP contribution in [0.4, 0.5) is 5.69 Å². The monoisotopic (exact) mass is 508 g/mol. The molecule has 35 heavy (non-hydrogen) atoms. The molecule has 1 saturated carbocycles. The fraction of sp³-hybridized carbons (Fsp3) is 0.370. The van der Waals surface area contributed by atoms with Crippen molar-refractivity contribution in [1.82, 2.24) is 14.7 Å². The number of aromatic nitrogens is 2. The molecule has 6 nitrogen and oxygen atoms in total. The Labute approximate surface area is 216 Å². The van der Waals surface area contributed by atoms with E-state index in [2.05, 4.69) is 27.0 Å². The van der Waals surface area contributed by atoms with E-state index in [9.17, 15) is 4.79 Å². The topological polar surface area (TPSA) is 50.6 Å². The van der Waals surface area contributed by atoms with Crippen LogP contribution in [0.15, 0.2) is 65.6 Å². The minimum Gasteiger partial charge on any atom is -0.483 e. The Kier molecular flexibility index (Phi) is 7.35. The van der Waals surface area contributed by atoms with Crippen molar-refractivity contribution in [2.75, 3.05) is 31.1 Å². The Morgan fingerprint density at radius 3 is 2.49 bits per heavy atom. The van der Waals surface area contributed by atoms with Crippen LogP contribution in [0.3, 0.4) is 0 Å². The molecule has 2 fully saturated rings. The van der Waals surface area contributed by atoms with Crippen LogP contribution in [-0.4, -0.2) is 52.0 Å². The molecule has 0 N–H and O–H groups in total. The molecular weight excluding hydrogens is 480 g/mol. The second-order valence-electron chi connectivity index (χ2n) is 9.11. The first kappa shape index (κ1) is 23.8. The first-order chi connectivity index (χ1) is 17.1. The lowest BCUT2D eigenvalue weighted by Gasteiger charge is -2.38. The molecule has 1 aromatic heterocycles. The van der Waals surface area contributed by atoms with Gasteiger partial charge in [0, 0.05) is 37.6 Å². The summed E-state index contributed by atoms with van der Waals surface area (Å²) in [7, 11) is 0. The molecule has 182 valence electrons. The molecule has 5 rings (SSSR count). The summed E-state index contributed by atoms with van der Waals surface area (Å²) in [6.07, 6.45) is 6.79. The van der Waals surface area contributed by atoms with E-state index in [1.807, 2.05) is 30.3 Å². The smallest absolute Gasteiger partial charge is 0.316 e. The van der Waals surface area contributed by atoms with Crippen LogP contribution in [0.25, 0.3) is 5.69 Å². The molecule has 2 aromatic carbocycles. The van der Waals surface area contributed by atoms with Crippen molar-refractivity contribution < 1.29 is 4.74 Å². The highest BCUT2D eigenvalue weighted by Crippen LogP contribution is 2.30. The van der Waals surface area contributed by atoms with Crippen LogP contribution in [0.5, 0.6) is 5.75 Å². The van der Waals surface area contributed by atoms with Gasteiger partial charge in [0.05, 0.1) is 23.0 Å². The van der Waals surface area contributed by atoms with Crippen LogP contribution in [0.1, 0.15) is 31.2 Å². The van der Waals surface area contributed by atoms with Crippen LogP contribution >= 0.6 is 23.8 Å². The minimum atomic E-state index is -0.251. The molecule has 1 saturated heterocycles. The number of hydrogen-bond donors (Lipinski definition) is 0. The fourth-order valence-electron chi connectivity index (χ4n) is 4.81. The predicted octanol–water partition coefficient (Wildman–Crippen LogP) is 4.90. The number of benzene rings is 2. The summed E-state index contributed by atoms with van der Waals surface area (Å²) in [6.45, 7) is 3.09. The fourth-order valence-corrected chi connectivity index (χ4v) is 5.34. The van der Waals surface area contributed by atoms with Gasteiger partial charge in [0.2, 0.25) is 5.75 Å². The van der Waals surface area contributed by atoms with Crippen molar-refractivity contribution >= 4 is 34.5 Å². The van der Waals surface area contributed by atoms with E-state index in [-0.39, 0.29) is 11.7 Å². The number of nitrogens with zero attached hydrogens (tertiary/aromatic N) is 4. The van der Waals surface area contributed by atoms with E-state index in [0.29, 0.717) is 16.5 Å². The number of piperazine rings is 1. The predicted molar refractivity (Wildman–Crippen MR) is 144 cm³/mol. The summed E-state index contributed by atoms with van der Waals surface area (Å²) in [5.41, 5.74) is 2.36. The zero-order valence-electron chi connectivity index (χ0n) is 19.6. The van der Waals surface area contributed by atoms with Crippen molar-refractivity contribution in [2.45, 2.75) is 38.2 Å². The molecular formula is C27H29ClN4O2S. The first-order valence-electron chi connectivity index (χ1n) is 12.2. The molecule has 0 radical (unpaired) electrons. The summed E-state index contributed by atoms with van der Waals surface area (Å²) in [6, 6.07) is 17.5. The van der Waals surface area contributed by atoms with Crippen molar-refractivity contribution in [3.05, 3.63) is 81.7 Å². The number of rotatable bonds is 6. The Morgan fingerprint density at radius 1 is 1.03 bits per heavy atom. The highest BCUT2D eigenvalue weighted by atomic mass is 35.5. The largest absolute Gasteiger partial charge is 0.483 e. The molecule has 0 amide bonds. The molecule has 0 unspecified atom stereocenters. The lowest BCUT2D eigenvalue weighted by molar-refractivity contribution is 0.205. The van der Waals surface area contributed by atoms with Crippen molar-refractivity contribution in [2.24, 2.45) is 0 Å². The maximum absolute atomic E-state index is 13.6. The Bertz CT molecular complexity index is 1240. The molecule has 1 aliphatic carbocycles. The number of ether oxygens (including phenoxy) is 1. The van der Waals surface area contributed by atoms with Gasteiger partial charge in [-0.3, -0.25) is 4.79 Å². The number of halogens is 1. The zero-order valence-corrected chi connectivity index (χ0v) is 21.2. The quantitative estimate of drug-likeness (QED) is 0.441. The van der Waals surface area contributed by atoms with Gasteiger partial charge in [-0.15, -0.1) is 0 Å². The van der Waals surface area contributed by atoms with Gasteiger partial charge in [-0.2, -0.15) is 9.78 Å². The van der Waals surface area contributed by atoms with E-state index in [1.54, 1.807) is 18.3 Å². The van der Waals surface area contributed by atoms with Crippen LogP contribution in [0, 0.1) is 0 Å². The van der Waals surface area contributed by atoms with Gasteiger partial charge in [-0.1, -0.05) is 60.2 Å². The zero-order chi connectivity index (χ0) is 24.2. The minimum absolute atomic E-state index is 0.0661. The summed E-state index contributed by atoms with van der Waals surface area (Å²) in [4.78, 5) is 19.0. The summed E-state index contributed by atoms with van der Waals surface area (Å²) in [5.74, 6) is 0.382. The standard InChI is InChI=1S/C27H29ClN4O2S/c28-21-9-6-10-22(18-21)32-27(33)26(34-23-11-4-5-12-23)24(19-29-32)30-13-15-31(16-14-30)25(35)17-20-7-2-1-3-8-20/h1-3,6-10,18-19,23H,4-5,11-17H2. The molecule has 1 aliphatic heterocycles. The van der Waals surface area contributed by atoms with Crippen LogP contribution in [0.2, 0.25) is 5.02 Å². The van der Waals surface area contributed by atoms with Gasteiger partial charge in [-0.25, -0.2) is 0 Å². The molecule has 3 aromatic rings. The highest BCUT2D eigenvalue weighted by Gasteiger charge is 2.27. The second kappa shape index (κ2) is 10.8. The van der Waals surface area contributed by atoms with Gasteiger partial charge in [0.1, 0.15) is 5.69 Å². The summed E-state index contributed by atoms with van der Waals surface area (Å²) in [5, 5.41) is 5.05. The number of anilines is 1. The third-order valence-electron chi connectivity index (χ3n) is 6.73. The molecule has 0 bridgehead atoms. The SMILES string of the molecule is O=c1c(OC2CCCC2)c(N2CCN(C(=S)Cc3ccccc3)CC2)cnn1-c1cccc(Cl)c1. The maximum atomic E-state index is 13.6. The number of hydrogen-bond acceptors (Lipinski definition) is 5. The molecule has 2 heterocycles. The molecule has 8 heteroatoms. The van der Waals surface area contributed by atoms with Crippen LogP contribution in [-0.2, 0) is 6.42 Å².